The Morgan fingerprint density at radius 2 is 1.63 bits per heavy atom. The molecule has 0 aliphatic carbocycles. The number of hydrogen-bond donors (Lipinski definition) is 3. The number of halogens is 1. The zero-order chi connectivity index (χ0) is 19.2. The van der Waals surface area contributed by atoms with Crippen LogP contribution in [0.2, 0.25) is 0 Å². The van der Waals surface area contributed by atoms with Crippen LogP contribution in [-0.4, -0.2) is 29.9 Å². The summed E-state index contributed by atoms with van der Waals surface area (Å²) in [6, 6.07) is 11.9. The lowest BCUT2D eigenvalue weighted by molar-refractivity contribution is 0.0924. The minimum atomic E-state index is -0.623. The molecule has 3 N–H and O–H groups in total. The van der Waals surface area contributed by atoms with Crippen LogP contribution in [-0.2, 0) is 0 Å². The number of amides is 2. The number of carbonyl (C=O) groups excluding carboxylic acids is 2. The standard InChI is InChI=1S/C19H16FN3O4/c20-14-5-2-1-4-12(14)17(24)21-9-10-22-18(25)13-7-8-15(23-19(13)26)16-6-3-11-27-16/h1-8,11H,9-10H2,(H,21,24)(H,22,25)(H,23,26). The second-order valence-electron chi connectivity index (χ2n) is 5.58. The number of hydrogen-bond acceptors (Lipinski definition) is 4. The topological polar surface area (TPSA) is 104 Å². The third-order valence-electron chi connectivity index (χ3n) is 3.76. The number of rotatable bonds is 6. The highest BCUT2D eigenvalue weighted by molar-refractivity contribution is 5.95. The zero-order valence-corrected chi connectivity index (χ0v) is 14.1. The van der Waals surface area contributed by atoms with E-state index >= 15 is 0 Å². The summed E-state index contributed by atoms with van der Waals surface area (Å²) in [5.74, 6) is -1.30. The van der Waals surface area contributed by atoms with E-state index in [1.54, 1.807) is 24.3 Å². The summed E-state index contributed by atoms with van der Waals surface area (Å²) in [7, 11) is 0. The van der Waals surface area contributed by atoms with E-state index < -0.39 is 23.2 Å². The molecule has 0 bridgehead atoms. The van der Waals surface area contributed by atoms with E-state index in [2.05, 4.69) is 15.6 Å². The van der Waals surface area contributed by atoms with E-state index in [4.69, 9.17) is 4.42 Å². The molecule has 2 heterocycles. The van der Waals surface area contributed by atoms with Crippen molar-refractivity contribution in [2.45, 2.75) is 0 Å². The SMILES string of the molecule is O=C(NCCNC(=O)c1ccc(-c2ccco2)[nH]c1=O)c1ccccc1F. The van der Waals surface area contributed by atoms with E-state index in [-0.39, 0.29) is 24.2 Å². The average molecular weight is 369 g/mol. The van der Waals surface area contributed by atoms with Gasteiger partial charge in [-0.2, -0.15) is 0 Å². The number of pyridine rings is 1. The molecule has 8 heteroatoms. The Balaban J connectivity index is 1.53. The lowest BCUT2D eigenvalue weighted by Crippen LogP contribution is -2.36. The summed E-state index contributed by atoms with van der Waals surface area (Å²) in [6.45, 7) is 0.166. The second-order valence-corrected chi connectivity index (χ2v) is 5.58. The van der Waals surface area contributed by atoms with Crippen LogP contribution in [0.3, 0.4) is 0 Å². The summed E-state index contributed by atoms with van der Waals surface area (Å²) >= 11 is 0. The van der Waals surface area contributed by atoms with Gasteiger partial charge in [0.05, 0.1) is 17.5 Å². The first-order valence-corrected chi connectivity index (χ1v) is 8.14. The Morgan fingerprint density at radius 3 is 2.26 bits per heavy atom. The lowest BCUT2D eigenvalue weighted by atomic mass is 10.2. The first-order chi connectivity index (χ1) is 13.1. The number of carbonyl (C=O) groups is 2. The van der Waals surface area contributed by atoms with E-state index in [9.17, 15) is 18.8 Å². The summed E-state index contributed by atoms with van der Waals surface area (Å²) in [5.41, 5.74) is -0.241. The van der Waals surface area contributed by atoms with Gasteiger partial charge in [-0.25, -0.2) is 4.39 Å². The fourth-order valence-corrected chi connectivity index (χ4v) is 2.42. The van der Waals surface area contributed by atoms with Crippen LogP contribution in [0.25, 0.3) is 11.5 Å². The van der Waals surface area contributed by atoms with Crippen molar-refractivity contribution in [3.05, 3.63) is 82.1 Å². The number of H-pyrrole nitrogens is 1. The van der Waals surface area contributed by atoms with Crippen molar-refractivity contribution < 1.29 is 18.4 Å². The fourth-order valence-electron chi connectivity index (χ4n) is 2.42. The first kappa shape index (κ1) is 18.1. The molecule has 138 valence electrons. The molecule has 0 saturated carbocycles. The van der Waals surface area contributed by atoms with Gasteiger partial charge in [-0.05, 0) is 36.4 Å². The van der Waals surface area contributed by atoms with Gasteiger partial charge in [-0.3, -0.25) is 14.4 Å². The summed E-state index contributed by atoms with van der Waals surface area (Å²) in [5, 5.41) is 5.02. The molecule has 0 unspecified atom stereocenters. The molecule has 0 atom stereocenters. The van der Waals surface area contributed by atoms with Crippen LogP contribution >= 0.6 is 0 Å². The number of nitrogens with one attached hydrogen (secondary N) is 3. The van der Waals surface area contributed by atoms with E-state index in [1.807, 2.05) is 0 Å². The van der Waals surface area contributed by atoms with Crippen molar-refractivity contribution in [1.29, 1.82) is 0 Å². The van der Waals surface area contributed by atoms with Gasteiger partial charge in [0, 0.05) is 13.1 Å². The van der Waals surface area contributed by atoms with Crippen molar-refractivity contribution in [1.82, 2.24) is 15.6 Å². The van der Waals surface area contributed by atoms with Gasteiger partial charge >= 0.3 is 0 Å². The Bertz CT molecular complexity index is 1010. The van der Waals surface area contributed by atoms with Crippen LogP contribution in [0, 0.1) is 5.82 Å². The molecule has 0 aliphatic heterocycles. The van der Waals surface area contributed by atoms with Crippen LogP contribution in [0.15, 0.2) is 64.0 Å². The van der Waals surface area contributed by atoms with E-state index in [1.165, 1.54) is 30.5 Å². The molecule has 0 spiro atoms. The van der Waals surface area contributed by atoms with Gasteiger partial charge in [0.1, 0.15) is 17.1 Å². The van der Waals surface area contributed by atoms with Crippen LogP contribution < -0.4 is 16.2 Å². The maximum Gasteiger partial charge on any atom is 0.261 e. The third-order valence-corrected chi connectivity index (χ3v) is 3.76. The molecule has 0 aliphatic rings. The fraction of sp³-hybridized carbons (Fsp3) is 0.105. The molecule has 0 fully saturated rings. The molecule has 1 aromatic carbocycles. The molecule has 27 heavy (non-hydrogen) atoms. The van der Waals surface area contributed by atoms with Gasteiger partial charge in [0.15, 0.2) is 0 Å². The predicted molar refractivity (Wildman–Crippen MR) is 95.8 cm³/mol. The summed E-state index contributed by atoms with van der Waals surface area (Å²) < 4.78 is 18.7. The summed E-state index contributed by atoms with van der Waals surface area (Å²) in [6.07, 6.45) is 1.48. The maximum absolute atomic E-state index is 13.5. The monoisotopic (exact) mass is 369 g/mol. The first-order valence-electron chi connectivity index (χ1n) is 8.14. The molecule has 2 aromatic heterocycles. The molecule has 3 rings (SSSR count). The van der Waals surface area contributed by atoms with Crippen molar-refractivity contribution in [2.24, 2.45) is 0 Å². The Morgan fingerprint density at radius 1 is 0.926 bits per heavy atom. The van der Waals surface area contributed by atoms with Gasteiger partial charge in [-0.15, -0.1) is 0 Å². The second kappa shape index (κ2) is 8.13. The highest BCUT2D eigenvalue weighted by atomic mass is 19.1. The van der Waals surface area contributed by atoms with Gasteiger partial charge in [0.2, 0.25) is 0 Å². The number of aromatic amines is 1. The molecular formula is C19H16FN3O4. The number of benzene rings is 1. The van der Waals surface area contributed by atoms with Gasteiger partial charge in [-0.1, -0.05) is 12.1 Å². The van der Waals surface area contributed by atoms with Gasteiger partial charge < -0.3 is 20.0 Å². The summed E-state index contributed by atoms with van der Waals surface area (Å²) in [4.78, 5) is 38.6. The van der Waals surface area contributed by atoms with Crippen LogP contribution in [0.5, 0.6) is 0 Å². The van der Waals surface area contributed by atoms with Crippen molar-refractivity contribution in [3.8, 4) is 11.5 Å². The molecule has 2 amide bonds. The molecule has 0 radical (unpaired) electrons. The highest BCUT2D eigenvalue weighted by Gasteiger charge is 2.13. The number of aromatic nitrogens is 1. The third kappa shape index (κ3) is 4.30. The molecule has 7 nitrogen and oxygen atoms in total. The largest absolute Gasteiger partial charge is 0.463 e. The van der Waals surface area contributed by atoms with Crippen molar-refractivity contribution in [3.63, 3.8) is 0 Å². The molecule has 0 saturated heterocycles. The molecular weight excluding hydrogens is 353 g/mol. The number of furan rings is 1. The van der Waals surface area contributed by atoms with Crippen molar-refractivity contribution in [2.75, 3.05) is 13.1 Å². The zero-order valence-electron chi connectivity index (χ0n) is 14.1. The highest BCUT2D eigenvalue weighted by Crippen LogP contribution is 2.15. The quantitative estimate of drug-likeness (QED) is 0.578. The Kier molecular flexibility index (Phi) is 5.46. The average Bonchev–Trinajstić information content (AvgIpc) is 3.20. The lowest BCUT2D eigenvalue weighted by Gasteiger charge is -2.08. The van der Waals surface area contributed by atoms with Crippen LogP contribution in [0.4, 0.5) is 4.39 Å². The minimum absolute atomic E-state index is 0.0641. The smallest absolute Gasteiger partial charge is 0.261 e. The normalized spacial score (nSPS) is 10.4. The Labute approximate surface area is 153 Å². The molecule has 3 aromatic rings. The van der Waals surface area contributed by atoms with E-state index in [0.717, 1.165) is 0 Å². The van der Waals surface area contributed by atoms with E-state index in [0.29, 0.717) is 11.5 Å². The Hall–Kier alpha value is -3.68. The van der Waals surface area contributed by atoms with Gasteiger partial charge in [0.25, 0.3) is 17.4 Å². The van der Waals surface area contributed by atoms with Crippen molar-refractivity contribution >= 4 is 11.8 Å². The predicted octanol–water partition coefficient (Wildman–Crippen LogP) is 1.93. The van der Waals surface area contributed by atoms with Crippen LogP contribution in [0.1, 0.15) is 20.7 Å². The minimum Gasteiger partial charge on any atom is -0.463 e. The maximum atomic E-state index is 13.5.